The van der Waals surface area contributed by atoms with Crippen LogP contribution in [0.4, 0.5) is 10.7 Å². The molecule has 0 saturated carbocycles. The first-order valence-electron chi connectivity index (χ1n) is 8.84. The van der Waals surface area contributed by atoms with Gasteiger partial charge in [0.15, 0.2) is 0 Å². The maximum Gasteiger partial charge on any atom is 0.321 e. The summed E-state index contributed by atoms with van der Waals surface area (Å²) in [6, 6.07) is 5.22. The number of amides is 3. The first-order chi connectivity index (χ1) is 13.0. The van der Waals surface area contributed by atoms with Crippen molar-refractivity contribution in [3.8, 4) is 5.69 Å². The van der Waals surface area contributed by atoms with E-state index in [1.165, 1.54) is 6.20 Å². The number of carbonyl (C=O) groups is 2. The standard InChI is InChI=1S/C18H23N7O2/c1-4-19-18(27)24-17-22-14-6-5-13(7-15(14)23-17)25-10-12(9-21-25)16(26)20-8-11(2)3/h5-7,9-11H,4,8H2,1-3H3,(H,20,26)(H3,19,22,23,24,27). The number of imidazole rings is 1. The van der Waals surface area contributed by atoms with Gasteiger partial charge in [0.25, 0.3) is 5.91 Å². The van der Waals surface area contributed by atoms with Gasteiger partial charge in [-0.2, -0.15) is 5.10 Å². The van der Waals surface area contributed by atoms with E-state index in [0.29, 0.717) is 36.0 Å². The number of aromatic amines is 1. The Morgan fingerprint density at radius 1 is 1.26 bits per heavy atom. The first-order valence-corrected chi connectivity index (χ1v) is 8.84. The minimum Gasteiger partial charge on any atom is -0.352 e. The summed E-state index contributed by atoms with van der Waals surface area (Å²) in [4.78, 5) is 31.1. The van der Waals surface area contributed by atoms with Gasteiger partial charge in [0.05, 0.1) is 28.5 Å². The van der Waals surface area contributed by atoms with Crippen LogP contribution in [0.1, 0.15) is 31.1 Å². The largest absolute Gasteiger partial charge is 0.352 e. The minimum atomic E-state index is -0.319. The molecule has 9 heteroatoms. The second-order valence-electron chi connectivity index (χ2n) is 6.55. The van der Waals surface area contributed by atoms with E-state index in [4.69, 9.17) is 0 Å². The van der Waals surface area contributed by atoms with E-state index < -0.39 is 0 Å². The smallest absolute Gasteiger partial charge is 0.321 e. The molecule has 9 nitrogen and oxygen atoms in total. The molecule has 2 heterocycles. The molecule has 0 bridgehead atoms. The molecule has 0 fully saturated rings. The van der Waals surface area contributed by atoms with Crippen molar-refractivity contribution in [3.63, 3.8) is 0 Å². The number of fused-ring (bicyclic) bond motifs is 1. The summed E-state index contributed by atoms with van der Waals surface area (Å²) in [6.07, 6.45) is 3.21. The molecule has 0 radical (unpaired) electrons. The highest BCUT2D eigenvalue weighted by Crippen LogP contribution is 2.18. The van der Waals surface area contributed by atoms with Crippen LogP contribution < -0.4 is 16.0 Å². The van der Waals surface area contributed by atoms with E-state index in [0.717, 1.165) is 11.2 Å². The summed E-state index contributed by atoms with van der Waals surface area (Å²) in [6.45, 7) is 7.06. The van der Waals surface area contributed by atoms with Gasteiger partial charge in [0, 0.05) is 19.3 Å². The molecule has 0 spiro atoms. The second-order valence-corrected chi connectivity index (χ2v) is 6.55. The number of aromatic nitrogens is 4. The third-order valence-corrected chi connectivity index (χ3v) is 3.82. The lowest BCUT2D eigenvalue weighted by Crippen LogP contribution is -2.28. The van der Waals surface area contributed by atoms with Gasteiger partial charge >= 0.3 is 6.03 Å². The number of benzene rings is 1. The van der Waals surface area contributed by atoms with Crippen molar-refractivity contribution in [2.45, 2.75) is 20.8 Å². The maximum atomic E-state index is 12.1. The summed E-state index contributed by atoms with van der Waals surface area (Å²) in [7, 11) is 0. The highest BCUT2D eigenvalue weighted by atomic mass is 16.2. The van der Waals surface area contributed by atoms with Gasteiger partial charge < -0.3 is 15.6 Å². The Balaban J connectivity index is 1.77. The van der Waals surface area contributed by atoms with Gasteiger partial charge in [-0.25, -0.2) is 14.5 Å². The summed E-state index contributed by atoms with van der Waals surface area (Å²) in [5.74, 6) is 0.597. The lowest BCUT2D eigenvalue weighted by molar-refractivity contribution is 0.0949. The van der Waals surface area contributed by atoms with E-state index in [9.17, 15) is 9.59 Å². The zero-order valence-corrected chi connectivity index (χ0v) is 15.5. The van der Waals surface area contributed by atoms with E-state index in [1.54, 1.807) is 10.9 Å². The third kappa shape index (κ3) is 4.43. The molecule has 0 unspecified atom stereocenters. The highest BCUT2D eigenvalue weighted by Gasteiger charge is 2.11. The molecule has 142 valence electrons. The summed E-state index contributed by atoms with van der Waals surface area (Å²) in [5, 5.41) is 12.4. The minimum absolute atomic E-state index is 0.149. The van der Waals surface area contributed by atoms with Crippen LogP contribution in [0.2, 0.25) is 0 Å². The average molecular weight is 369 g/mol. The molecule has 0 aliphatic rings. The number of hydrogen-bond donors (Lipinski definition) is 4. The molecule has 3 amide bonds. The molecule has 3 aromatic rings. The van der Waals surface area contributed by atoms with Crippen LogP contribution in [-0.2, 0) is 0 Å². The van der Waals surface area contributed by atoms with Crippen molar-refractivity contribution in [1.82, 2.24) is 30.4 Å². The van der Waals surface area contributed by atoms with Gasteiger partial charge in [-0.1, -0.05) is 13.8 Å². The zero-order chi connectivity index (χ0) is 19.4. The van der Waals surface area contributed by atoms with Crippen molar-refractivity contribution >= 4 is 28.9 Å². The summed E-state index contributed by atoms with van der Waals surface area (Å²) in [5.41, 5.74) is 2.73. The summed E-state index contributed by atoms with van der Waals surface area (Å²) >= 11 is 0. The Hall–Kier alpha value is -3.36. The predicted octanol–water partition coefficient (Wildman–Crippen LogP) is 2.28. The van der Waals surface area contributed by atoms with Crippen LogP contribution in [0.3, 0.4) is 0 Å². The second kappa shape index (κ2) is 7.90. The fourth-order valence-corrected chi connectivity index (χ4v) is 2.49. The number of H-pyrrole nitrogens is 1. The molecule has 0 aliphatic heterocycles. The quantitative estimate of drug-likeness (QED) is 0.533. The molecule has 27 heavy (non-hydrogen) atoms. The zero-order valence-electron chi connectivity index (χ0n) is 15.5. The van der Waals surface area contributed by atoms with Crippen molar-refractivity contribution in [1.29, 1.82) is 0 Å². The molecule has 0 atom stereocenters. The van der Waals surface area contributed by atoms with Crippen molar-refractivity contribution in [2.24, 2.45) is 5.92 Å². The maximum absolute atomic E-state index is 12.1. The molecule has 3 rings (SSSR count). The monoisotopic (exact) mass is 369 g/mol. The molecular formula is C18H23N7O2. The molecule has 4 N–H and O–H groups in total. The summed E-state index contributed by atoms with van der Waals surface area (Å²) < 4.78 is 1.62. The van der Waals surface area contributed by atoms with Crippen LogP contribution in [0.5, 0.6) is 0 Å². The van der Waals surface area contributed by atoms with E-state index in [1.807, 2.05) is 39.0 Å². The predicted molar refractivity (Wildman–Crippen MR) is 103 cm³/mol. The SMILES string of the molecule is CCNC(=O)Nc1nc2cc(-n3cc(C(=O)NCC(C)C)cn3)ccc2[nH]1. The van der Waals surface area contributed by atoms with Gasteiger partial charge in [0.1, 0.15) is 0 Å². The van der Waals surface area contributed by atoms with Crippen molar-refractivity contribution < 1.29 is 9.59 Å². The third-order valence-electron chi connectivity index (χ3n) is 3.82. The van der Waals surface area contributed by atoms with Gasteiger partial charge in [-0.15, -0.1) is 0 Å². The number of rotatable bonds is 6. The van der Waals surface area contributed by atoms with Crippen molar-refractivity contribution in [2.75, 3.05) is 18.4 Å². The lowest BCUT2D eigenvalue weighted by Gasteiger charge is -2.05. The Morgan fingerprint density at radius 3 is 2.81 bits per heavy atom. The Kier molecular flexibility index (Phi) is 5.39. The van der Waals surface area contributed by atoms with E-state index in [-0.39, 0.29) is 11.9 Å². The van der Waals surface area contributed by atoms with Crippen LogP contribution in [0.25, 0.3) is 16.7 Å². The van der Waals surface area contributed by atoms with Crippen LogP contribution in [0.15, 0.2) is 30.6 Å². The highest BCUT2D eigenvalue weighted by molar-refractivity contribution is 5.94. The number of hydrogen-bond acceptors (Lipinski definition) is 4. The Labute approximate surface area is 156 Å². The van der Waals surface area contributed by atoms with Gasteiger partial charge in [-0.3, -0.25) is 10.1 Å². The average Bonchev–Trinajstić information content (AvgIpc) is 3.25. The lowest BCUT2D eigenvalue weighted by atomic mass is 10.2. The Bertz CT molecular complexity index is 958. The molecule has 1 aromatic carbocycles. The van der Waals surface area contributed by atoms with E-state index >= 15 is 0 Å². The topological polar surface area (TPSA) is 117 Å². The molecule has 0 saturated heterocycles. The first kappa shape index (κ1) is 18.4. The van der Waals surface area contributed by atoms with Crippen molar-refractivity contribution in [3.05, 3.63) is 36.2 Å². The molecule has 0 aliphatic carbocycles. The number of nitrogens with zero attached hydrogens (tertiary/aromatic N) is 3. The Morgan fingerprint density at radius 2 is 2.07 bits per heavy atom. The number of urea groups is 1. The van der Waals surface area contributed by atoms with E-state index in [2.05, 4.69) is 31.0 Å². The number of anilines is 1. The van der Waals surface area contributed by atoms with Gasteiger partial charge in [0.2, 0.25) is 5.95 Å². The van der Waals surface area contributed by atoms with Crippen LogP contribution >= 0.6 is 0 Å². The normalized spacial score (nSPS) is 11.0. The van der Waals surface area contributed by atoms with Gasteiger partial charge in [-0.05, 0) is 31.0 Å². The number of nitrogens with one attached hydrogen (secondary N) is 4. The van der Waals surface area contributed by atoms with Crippen LogP contribution in [0, 0.1) is 5.92 Å². The molecule has 2 aromatic heterocycles. The fraction of sp³-hybridized carbons (Fsp3) is 0.333. The van der Waals surface area contributed by atoms with Crippen LogP contribution in [-0.4, -0.2) is 44.8 Å². The number of carbonyl (C=O) groups excluding carboxylic acids is 2. The molecular weight excluding hydrogens is 346 g/mol. The fourth-order valence-electron chi connectivity index (χ4n) is 2.49.